The van der Waals surface area contributed by atoms with E-state index in [2.05, 4.69) is 42.5 Å². The second-order valence-electron chi connectivity index (χ2n) is 4.87. The molecule has 0 aliphatic carbocycles. The van der Waals surface area contributed by atoms with Crippen LogP contribution in [0.1, 0.15) is 46.0 Å². The lowest BCUT2D eigenvalue weighted by Gasteiger charge is -2.17. The molecule has 0 saturated carbocycles. The van der Waals surface area contributed by atoms with E-state index < -0.39 is 0 Å². The van der Waals surface area contributed by atoms with E-state index in [-0.39, 0.29) is 5.91 Å². The van der Waals surface area contributed by atoms with Crippen molar-refractivity contribution >= 4 is 24.4 Å². The van der Waals surface area contributed by atoms with Crippen LogP contribution in [0.25, 0.3) is 0 Å². The number of carbonyl (C=O) groups excluding carboxylic acids is 1. The molecule has 0 aromatic carbocycles. The standard InChI is InChI=1S/C13H30N2OP2/c1-3-12(2)6-4-8-14-13(16)7-5-9-15(10-17)11-18/h12H,3-11,17-18H2,1-2H3,(H,14,16). The lowest BCUT2D eigenvalue weighted by atomic mass is 10.0. The Hall–Kier alpha value is 0.290. The summed E-state index contributed by atoms with van der Waals surface area (Å²) in [6.07, 6.45) is 7.08. The molecule has 1 amide bonds. The molecule has 3 unspecified atom stereocenters. The Morgan fingerprint density at radius 2 is 1.94 bits per heavy atom. The van der Waals surface area contributed by atoms with E-state index in [0.29, 0.717) is 6.42 Å². The van der Waals surface area contributed by atoms with Crippen molar-refractivity contribution in [2.45, 2.75) is 46.0 Å². The van der Waals surface area contributed by atoms with E-state index in [1.807, 2.05) is 0 Å². The van der Waals surface area contributed by atoms with Crippen LogP contribution in [0.3, 0.4) is 0 Å². The molecule has 0 aliphatic rings. The van der Waals surface area contributed by atoms with E-state index in [1.165, 1.54) is 12.8 Å². The molecule has 108 valence electrons. The summed E-state index contributed by atoms with van der Waals surface area (Å²) in [6.45, 7) is 6.31. The summed E-state index contributed by atoms with van der Waals surface area (Å²) < 4.78 is 0. The molecule has 0 spiro atoms. The SMILES string of the molecule is CCC(C)CCCNC(=O)CCCN(CP)CP. The minimum Gasteiger partial charge on any atom is -0.356 e. The quantitative estimate of drug-likeness (QED) is 0.469. The zero-order valence-corrected chi connectivity index (χ0v) is 14.3. The van der Waals surface area contributed by atoms with E-state index in [9.17, 15) is 4.79 Å². The molecule has 18 heavy (non-hydrogen) atoms. The maximum atomic E-state index is 11.6. The number of hydrogen-bond donors (Lipinski definition) is 1. The van der Waals surface area contributed by atoms with Gasteiger partial charge in [0.15, 0.2) is 0 Å². The largest absolute Gasteiger partial charge is 0.356 e. The van der Waals surface area contributed by atoms with Gasteiger partial charge in [-0.2, -0.15) is 0 Å². The molecule has 0 bridgehead atoms. The first-order valence-electron chi connectivity index (χ1n) is 7.03. The molecule has 3 nitrogen and oxygen atoms in total. The fourth-order valence-corrected chi connectivity index (χ4v) is 2.65. The van der Waals surface area contributed by atoms with Crippen LogP contribution in [-0.4, -0.2) is 36.5 Å². The van der Waals surface area contributed by atoms with Gasteiger partial charge in [-0.1, -0.05) is 20.3 Å². The lowest BCUT2D eigenvalue weighted by molar-refractivity contribution is -0.121. The Morgan fingerprint density at radius 3 is 2.50 bits per heavy atom. The highest BCUT2D eigenvalue weighted by atomic mass is 31.0. The van der Waals surface area contributed by atoms with Crippen molar-refractivity contribution in [3.05, 3.63) is 0 Å². The molecule has 0 heterocycles. The van der Waals surface area contributed by atoms with E-state index >= 15 is 0 Å². The number of nitrogens with one attached hydrogen (secondary N) is 1. The highest BCUT2D eigenvalue weighted by molar-refractivity contribution is 7.17. The molecule has 0 rings (SSSR count). The maximum Gasteiger partial charge on any atom is 0.220 e. The summed E-state index contributed by atoms with van der Waals surface area (Å²) in [5.74, 6) is 0.978. The molecule has 0 saturated heterocycles. The molecular weight excluding hydrogens is 262 g/mol. The summed E-state index contributed by atoms with van der Waals surface area (Å²) in [5, 5.41) is 3.00. The van der Waals surface area contributed by atoms with Crippen LogP contribution in [0.15, 0.2) is 0 Å². The van der Waals surface area contributed by atoms with Gasteiger partial charge >= 0.3 is 0 Å². The predicted molar refractivity (Wildman–Crippen MR) is 86.8 cm³/mol. The van der Waals surface area contributed by atoms with Crippen LogP contribution >= 0.6 is 18.5 Å². The van der Waals surface area contributed by atoms with Gasteiger partial charge in [-0.3, -0.25) is 9.69 Å². The van der Waals surface area contributed by atoms with Crippen molar-refractivity contribution in [1.29, 1.82) is 0 Å². The molecule has 0 radical (unpaired) electrons. The molecule has 0 fully saturated rings. The normalized spacial score (nSPS) is 12.7. The Balaban J connectivity index is 3.43. The average Bonchev–Trinajstić information content (AvgIpc) is 2.39. The number of carbonyl (C=O) groups is 1. The lowest BCUT2D eigenvalue weighted by Crippen LogP contribution is -2.27. The Morgan fingerprint density at radius 1 is 1.28 bits per heavy atom. The van der Waals surface area contributed by atoms with Crippen LogP contribution in [0.5, 0.6) is 0 Å². The fourth-order valence-electron chi connectivity index (χ4n) is 1.69. The van der Waals surface area contributed by atoms with E-state index in [1.54, 1.807) is 0 Å². The zero-order valence-electron chi connectivity index (χ0n) is 12.0. The van der Waals surface area contributed by atoms with E-state index in [0.717, 1.165) is 44.4 Å². The Labute approximate surface area is 117 Å². The predicted octanol–water partition coefficient (Wildman–Crippen LogP) is 2.68. The third kappa shape index (κ3) is 10.2. The molecule has 0 aromatic heterocycles. The Bertz CT molecular complexity index is 211. The van der Waals surface area contributed by atoms with Gasteiger partial charge in [0.05, 0.1) is 0 Å². The van der Waals surface area contributed by atoms with Crippen molar-refractivity contribution in [3.63, 3.8) is 0 Å². The smallest absolute Gasteiger partial charge is 0.220 e. The minimum atomic E-state index is 0.201. The van der Waals surface area contributed by atoms with Crippen molar-refractivity contribution in [3.8, 4) is 0 Å². The van der Waals surface area contributed by atoms with Gasteiger partial charge in [0.2, 0.25) is 5.91 Å². The second kappa shape index (κ2) is 12.3. The molecule has 0 aliphatic heterocycles. The van der Waals surface area contributed by atoms with Crippen molar-refractivity contribution in [2.24, 2.45) is 5.92 Å². The maximum absolute atomic E-state index is 11.6. The average molecular weight is 292 g/mol. The summed E-state index contributed by atoms with van der Waals surface area (Å²) in [6, 6.07) is 0. The van der Waals surface area contributed by atoms with Gasteiger partial charge in [0, 0.05) is 25.5 Å². The summed E-state index contributed by atoms with van der Waals surface area (Å²) >= 11 is 0. The van der Waals surface area contributed by atoms with E-state index in [4.69, 9.17) is 0 Å². The van der Waals surface area contributed by atoms with Crippen LogP contribution in [-0.2, 0) is 4.79 Å². The highest BCUT2D eigenvalue weighted by Crippen LogP contribution is 2.08. The topological polar surface area (TPSA) is 32.3 Å². The molecule has 1 N–H and O–H groups in total. The zero-order chi connectivity index (χ0) is 13.8. The first kappa shape index (κ1) is 18.3. The summed E-state index contributed by atoms with van der Waals surface area (Å²) in [4.78, 5) is 13.9. The Kier molecular flexibility index (Phi) is 12.5. The number of rotatable bonds is 11. The summed E-state index contributed by atoms with van der Waals surface area (Å²) in [5.41, 5.74) is 0. The van der Waals surface area contributed by atoms with Gasteiger partial charge in [-0.25, -0.2) is 0 Å². The number of amides is 1. The van der Waals surface area contributed by atoms with Crippen LogP contribution in [0, 0.1) is 5.92 Å². The first-order valence-corrected chi connectivity index (χ1v) is 8.66. The monoisotopic (exact) mass is 292 g/mol. The van der Waals surface area contributed by atoms with Gasteiger partial charge in [-0.15, -0.1) is 18.5 Å². The second-order valence-corrected chi connectivity index (χ2v) is 5.60. The van der Waals surface area contributed by atoms with Gasteiger partial charge < -0.3 is 5.32 Å². The first-order chi connectivity index (χ1) is 8.63. The summed E-state index contributed by atoms with van der Waals surface area (Å²) in [7, 11) is 5.44. The third-order valence-electron chi connectivity index (χ3n) is 3.29. The van der Waals surface area contributed by atoms with Crippen LogP contribution in [0.2, 0.25) is 0 Å². The van der Waals surface area contributed by atoms with Crippen LogP contribution < -0.4 is 5.32 Å². The van der Waals surface area contributed by atoms with Gasteiger partial charge in [0.25, 0.3) is 0 Å². The molecule has 3 atom stereocenters. The third-order valence-corrected chi connectivity index (χ3v) is 4.32. The molecule has 0 aromatic rings. The van der Waals surface area contributed by atoms with Crippen molar-refractivity contribution < 1.29 is 4.79 Å². The minimum absolute atomic E-state index is 0.201. The van der Waals surface area contributed by atoms with Crippen LogP contribution in [0.4, 0.5) is 0 Å². The van der Waals surface area contributed by atoms with Crippen molar-refractivity contribution in [1.82, 2.24) is 10.2 Å². The van der Waals surface area contributed by atoms with Gasteiger partial charge in [-0.05, 0) is 31.7 Å². The number of nitrogens with zero attached hydrogens (tertiary/aromatic N) is 1. The van der Waals surface area contributed by atoms with Gasteiger partial charge in [0.1, 0.15) is 0 Å². The molecular formula is C13H30N2OP2. The van der Waals surface area contributed by atoms with Crippen molar-refractivity contribution in [2.75, 3.05) is 25.7 Å². The fraction of sp³-hybridized carbons (Fsp3) is 0.923. The number of hydrogen-bond acceptors (Lipinski definition) is 2. The molecule has 5 heteroatoms. The highest BCUT2D eigenvalue weighted by Gasteiger charge is 2.04.